The molecule has 0 radical (unpaired) electrons. The van der Waals surface area contributed by atoms with Crippen LogP contribution >= 0.6 is 0 Å². The molecule has 5 aromatic rings. The SMILES string of the molecule is CCCc1nc(COC)c(-c2ccc(OC(C)(C)C)cc2)c(=O)n1Cc1ccc(-c2ccccc2-c2noc(=O)[nH]2)cc1.[H-].[K+]. The first kappa shape index (κ1) is 33.8. The Morgan fingerprint density at radius 2 is 1.59 bits per heavy atom. The first-order valence-electron chi connectivity index (χ1n) is 14.3. The van der Waals surface area contributed by atoms with Gasteiger partial charge in [0.2, 0.25) is 0 Å². The van der Waals surface area contributed by atoms with E-state index in [9.17, 15) is 9.59 Å². The van der Waals surface area contributed by atoms with Gasteiger partial charge in [-0.05, 0) is 61.6 Å². The molecule has 3 aromatic carbocycles. The number of hydrogen-bond acceptors (Lipinski definition) is 7. The van der Waals surface area contributed by atoms with E-state index in [1.54, 1.807) is 11.7 Å². The van der Waals surface area contributed by atoms with Gasteiger partial charge in [0.05, 0.1) is 24.4 Å². The summed E-state index contributed by atoms with van der Waals surface area (Å²) >= 11 is 0. The molecule has 9 nitrogen and oxygen atoms in total. The molecule has 0 atom stereocenters. The van der Waals surface area contributed by atoms with E-state index in [1.807, 2.05) is 93.6 Å². The minimum Gasteiger partial charge on any atom is -1.00 e. The minimum atomic E-state index is -0.604. The van der Waals surface area contributed by atoms with E-state index in [2.05, 4.69) is 17.1 Å². The van der Waals surface area contributed by atoms with Crippen molar-refractivity contribution in [2.45, 2.75) is 59.3 Å². The molecular weight excluding hydrogens is 583 g/mol. The number of ether oxygens (including phenoxy) is 2. The van der Waals surface area contributed by atoms with E-state index in [-0.39, 0.29) is 70.6 Å². The van der Waals surface area contributed by atoms with Crippen LogP contribution in [0.25, 0.3) is 33.6 Å². The molecule has 2 heterocycles. The van der Waals surface area contributed by atoms with Crippen LogP contribution in [-0.2, 0) is 24.3 Å². The van der Waals surface area contributed by atoms with Crippen molar-refractivity contribution in [1.29, 1.82) is 0 Å². The third-order valence-corrected chi connectivity index (χ3v) is 6.87. The van der Waals surface area contributed by atoms with Crippen LogP contribution in [0.15, 0.2) is 86.9 Å². The van der Waals surface area contributed by atoms with Crippen molar-refractivity contribution in [3.8, 4) is 39.4 Å². The number of aromatic nitrogens is 4. The number of benzene rings is 3. The van der Waals surface area contributed by atoms with Gasteiger partial charge in [0.1, 0.15) is 17.2 Å². The molecule has 0 unspecified atom stereocenters. The Balaban J connectivity index is 0.00000276. The van der Waals surface area contributed by atoms with Crippen molar-refractivity contribution in [1.82, 2.24) is 19.7 Å². The molecule has 224 valence electrons. The molecule has 2 aromatic heterocycles. The number of nitrogens with zero attached hydrogens (tertiary/aromatic N) is 3. The first-order chi connectivity index (χ1) is 20.7. The second-order valence-corrected chi connectivity index (χ2v) is 11.3. The van der Waals surface area contributed by atoms with Crippen molar-refractivity contribution in [3.05, 3.63) is 111 Å². The number of methoxy groups -OCH3 is 1. The topological polar surface area (TPSA) is 112 Å². The van der Waals surface area contributed by atoms with Gasteiger partial charge in [-0.3, -0.25) is 18.9 Å². The fraction of sp³-hybridized carbons (Fsp3) is 0.294. The van der Waals surface area contributed by atoms with Gasteiger partial charge >= 0.3 is 57.1 Å². The monoisotopic (exact) mass is 620 g/mol. The predicted molar refractivity (Wildman–Crippen MR) is 167 cm³/mol. The van der Waals surface area contributed by atoms with Gasteiger partial charge in [0.25, 0.3) is 5.56 Å². The Kier molecular flexibility index (Phi) is 11.3. The zero-order chi connectivity index (χ0) is 30.6. The third kappa shape index (κ3) is 7.93. The maximum Gasteiger partial charge on any atom is 1.00 e. The maximum atomic E-state index is 14.2. The summed E-state index contributed by atoms with van der Waals surface area (Å²) in [4.78, 5) is 33.3. The van der Waals surface area contributed by atoms with Gasteiger partial charge < -0.3 is 10.9 Å². The molecular formula is C34H37KN4O5. The van der Waals surface area contributed by atoms with Crippen LogP contribution in [0.4, 0.5) is 0 Å². The molecule has 0 aliphatic carbocycles. The second-order valence-electron chi connectivity index (χ2n) is 11.3. The molecule has 5 rings (SSSR count). The summed E-state index contributed by atoms with van der Waals surface area (Å²) in [6.45, 7) is 8.66. The van der Waals surface area contributed by atoms with E-state index in [0.717, 1.165) is 45.8 Å². The van der Waals surface area contributed by atoms with E-state index in [0.29, 0.717) is 30.0 Å². The largest absolute Gasteiger partial charge is 1.00 e. The van der Waals surface area contributed by atoms with Crippen LogP contribution in [0.2, 0.25) is 0 Å². The van der Waals surface area contributed by atoms with E-state index in [1.165, 1.54) is 0 Å². The third-order valence-electron chi connectivity index (χ3n) is 6.87. The summed E-state index contributed by atoms with van der Waals surface area (Å²) in [5.41, 5.74) is 5.02. The molecule has 0 aliphatic rings. The predicted octanol–water partition coefficient (Wildman–Crippen LogP) is 3.36. The molecule has 0 saturated heterocycles. The fourth-order valence-corrected chi connectivity index (χ4v) is 5.06. The van der Waals surface area contributed by atoms with Gasteiger partial charge in [0.15, 0.2) is 5.82 Å². The zero-order valence-electron chi connectivity index (χ0n) is 27.1. The normalized spacial score (nSPS) is 11.3. The quantitative estimate of drug-likeness (QED) is 0.238. The van der Waals surface area contributed by atoms with Gasteiger partial charge in [-0.1, -0.05) is 72.7 Å². The summed E-state index contributed by atoms with van der Waals surface area (Å²) in [5, 5.41) is 3.85. The smallest absolute Gasteiger partial charge is 1.00 e. The van der Waals surface area contributed by atoms with Crippen LogP contribution in [0.3, 0.4) is 0 Å². The zero-order valence-corrected chi connectivity index (χ0v) is 29.3. The van der Waals surface area contributed by atoms with Gasteiger partial charge in [-0.15, -0.1) is 0 Å². The molecule has 1 N–H and O–H groups in total. The average Bonchev–Trinajstić information content (AvgIpc) is 3.42. The second kappa shape index (κ2) is 14.8. The Bertz CT molecular complexity index is 1820. The van der Waals surface area contributed by atoms with Crippen LogP contribution in [0.5, 0.6) is 5.75 Å². The van der Waals surface area contributed by atoms with Crippen molar-refractivity contribution >= 4 is 0 Å². The van der Waals surface area contributed by atoms with E-state index in [4.69, 9.17) is 19.0 Å². The van der Waals surface area contributed by atoms with Gasteiger partial charge in [0, 0.05) is 19.1 Å². The van der Waals surface area contributed by atoms with Crippen molar-refractivity contribution in [3.63, 3.8) is 0 Å². The Morgan fingerprint density at radius 3 is 2.18 bits per heavy atom. The first-order valence-corrected chi connectivity index (χ1v) is 14.3. The van der Waals surface area contributed by atoms with Crippen molar-refractivity contribution in [2.75, 3.05) is 7.11 Å². The maximum absolute atomic E-state index is 14.2. The molecule has 0 saturated carbocycles. The fourth-order valence-electron chi connectivity index (χ4n) is 5.06. The van der Waals surface area contributed by atoms with Crippen LogP contribution in [0.1, 0.15) is 52.6 Å². The number of aryl methyl sites for hydroxylation is 1. The summed E-state index contributed by atoms with van der Waals surface area (Å²) in [6, 6.07) is 23.2. The molecule has 0 spiro atoms. The minimum absolute atomic E-state index is 0. The summed E-state index contributed by atoms with van der Waals surface area (Å²) in [5.74, 6) is 1.22. The molecule has 10 heteroatoms. The number of aromatic amines is 1. The van der Waals surface area contributed by atoms with E-state index >= 15 is 0 Å². The Labute approximate surface area is 300 Å². The Hall–Kier alpha value is -3.12. The molecule has 0 aliphatic heterocycles. The van der Waals surface area contributed by atoms with Crippen molar-refractivity contribution < 1.29 is 66.8 Å². The number of hydrogen-bond donors (Lipinski definition) is 1. The number of rotatable bonds is 10. The van der Waals surface area contributed by atoms with Crippen molar-refractivity contribution in [2.24, 2.45) is 0 Å². The van der Waals surface area contributed by atoms with Crippen LogP contribution in [0, 0.1) is 0 Å². The van der Waals surface area contributed by atoms with Crippen LogP contribution in [-0.4, -0.2) is 32.4 Å². The number of H-pyrrole nitrogens is 1. The summed E-state index contributed by atoms with van der Waals surface area (Å²) in [6.07, 6.45) is 1.50. The van der Waals surface area contributed by atoms with Gasteiger partial charge in [-0.25, -0.2) is 9.78 Å². The molecule has 0 bridgehead atoms. The molecule has 44 heavy (non-hydrogen) atoms. The van der Waals surface area contributed by atoms with Gasteiger partial charge in [-0.2, -0.15) is 0 Å². The van der Waals surface area contributed by atoms with E-state index < -0.39 is 5.76 Å². The molecule has 0 fully saturated rings. The molecule has 0 amide bonds. The Morgan fingerprint density at radius 1 is 0.932 bits per heavy atom. The average molecular weight is 621 g/mol. The summed E-state index contributed by atoms with van der Waals surface area (Å²) < 4.78 is 17.9. The standard InChI is InChI=1S/C34H36N4O5.K.H/c1-6-9-29-35-28(21-41-5)30(24-16-18-25(19-17-24)42-34(2,3)4)32(39)38(29)20-22-12-14-23(15-13-22)26-10-7-8-11-27(26)31-36-33(40)43-37-31;;/h7-8,10-19H,6,9,20-21H2,1-5H3,(H,36,37,40);;/q;+1;-1. The summed E-state index contributed by atoms with van der Waals surface area (Å²) in [7, 11) is 1.61. The van der Waals surface area contributed by atoms with Crippen LogP contribution < -0.4 is 67.4 Å². The number of nitrogens with one attached hydrogen (secondary N) is 1.